The van der Waals surface area contributed by atoms with Crippen LogP contribution >= 0.6 is 0 Å². The number of aliphatic carboxylic acids is 1. The number of aryl methyl sites for hydroxylation is 1. The second kappa shape index (κ2) is 6.11. The number of amides is 1. The van der Waals surface area contributed by atoms with Gasteiger partial charge in [0, 0.05) is 5.92 Å². The number of carboxylic acid groups (broad SMARTS) is 1. The first-order chi connectivity index (χ1) is 10.5. The Balaban J connectivity index is 1.65. The predicted molar refractivity (Wildman–Crippen MR) is 83.3 cm³/mol. The first-order valence-corrected chi connectivity index (χ1v) is 8.14. The molecule has 0 heterocycles. The molecule has 2 fully saturated rings. The molecule has 0 bridgehead atoms. The van der Waals surface area contributed by atoms with Crippen LogP contribution in [0.25, 0.3) is 0 Å². The van der Waals surface area contributed by atoms with E-state index in [0.717, 1.165) is 18.4 Å². The van der Waals surface area contributed by atoms with Gasteiger partial charge in [0.25, 0.3) is 0 Å². The maximum absolute atomic E-state index is 12.5. The number of hydrogen-bond donors (Lipinski definition) is 2. The number of hydrogen-bond acceptors (Lipinski definition) is 2. The monoisotopic (exact) mass is 301 g/mol. The van der Waals surface area contributed by atoms with Crippen LogP contribution in [0.1, 0.15) is 49.3 Å². The molecule has 1 unspecified atom stereocenters. The molecule has 0 aliphatic heterocycles. The van der Waals surface area contributed by atoms with Crippen LogP contribution in [0.3, 0.4) is 0 Å². The van der Waals surface area contributed by atoms with E-state index in [9.17, 15) is 9.59 Å². The predicted octanol–water partition coefficient (Wildman–Crippen LogP) is 3.06. The zero-order valence-corrected chi connectivity index (χ0v) is 12.9. The fourth-order valence-electron chi connectivity index (χ4n) is 3.39. The van der Waals surface area contributed by atoms with Gasteiger partial charge in [-0.3, -0.25) is 9.59 Å². The highest BCUT2D eigenvalue weighted by molar-refractivity contribution is 5.81. The van der Waals surface area contributed by atoms with Gasteiger partial charge in [0.05, 0.1) is 12.0 Å². The number of nitrogens with one attached hydrogen (secondary N) is 1. The van der Waals surface area contributed by atoms with Gasteiger partial charge in [-0.05, 0) is 50.5 Å². The van der Waals surface area contributed by atoms with E-state index in [1.54, 1.807) is 0 Å². The second-order valence-corrected chi connectivity index (χ2v) is 6.78. The molecule has 0 radical (unpaired) electrons. The van der Waals surface area contributed by atoms with Gasteiger partial charge >= 0.3 is 5.97 Å². The van der Waals surface area contributed by atoms with E-state index in [1.165, 1.54) is 5.56 Å². The summed E-state index contributed by atoms with van der Waals surface area (Å²) >= 11 is 0. The van der Waals surface area contributed by atoms with Crippen molar-refractivity contribution in [2.45, 2.75) is 45.1 Å². The Kier molecular flexibility index (Phi) is 4.19. The Labute approximate surface area is 130 Å². The molecular weight excluding hydrogens is 278 g/mol. The van der Waals surface area contributed by atoms with Gasteiger partial charge in [-0.2, -0.15) is 0 Å². The van der Waals surface area contributed by atoms with Crippen LogP contribution < -0.4 is 5.32 Å². The Bertz CT molecular complexity index is 562. The Morgan fingerprint density at radius 2 is 1.73 bits per heavy atom. The van der Waals surface area contributed by atoms with Crippen molar-refractivity contribution in [2.75, 3.05) is 0 Å². The van der Waals surface area contributed by atoms with Crippen molar-refractivity contribution < 1.29 is 14.7 Å². The Hall–Kier alpha value is -1.84. The quantitative estimate of drug-likeness (QED) is 0.878. The highest BCUT2D eigenvalue weighted by Crippen LogP contribution is 2.41. The summed E-state index contributed by atoms with van der Waals surface area (Å²) in [7, 11) is 0. The first-order valence-electron chi connectivity index (χ1n) is 8.14. The highest BCUT2D eigenvalue weighted by Gasteiger charge is 2.38. The van der Waals surface area contributed by atoms with Crippen molar-refractivity contribution in [1.29, 1.82) is 0 Å². The molecule has 118 valence electrons. The molecule has 2 aliphatic carbocycles. The molecule has 3 atom stereocenters. The molecular formula is C18H23NO3. The summed E-state index contributed by atoms with van der Waals surface area (Å²) in [5.41, 5.74) is 2.37. The highest BCUT2D eigenvalue weighted by atomic mass is 16.4. The summed E-state index contributed by atoms with van der Waals surface area (Å²) in [5.74, 6) is -0.709. The average Bonchev–Trinajstić information content (AvgIpc) is 3.20. The minimum atomic E-state index is -0.771. The van der Waals surface area contributed by atoms with Gasteiger partial charge in [0.2, 0.25) is 5.91 Å². The summed E-state index contributed by atoms with van der Waals surface area (Å²) in [6.07, 6.45) is 4.09. The number of carboxylic acids is 1. The van der Waals surface area contributed by atoms with Crippen molar-refractivity contribution in [2.24, 2.45) is 17.8 Å². The topological polar surface area (TPSA) is 66.4 Å². The van der Waals surface area contributed by atoms with Gasteiger partial charge in [-0.15, -0.1) is 0 Å². The van der Waals surface area contributed by atoms with E-state index in [2.05, 4.69) is 36.5 Å². The SMILES string of the molecule is Cc1ccc(C(NC(=O)[C@@H]2CC[C@H](C(=O)O)C2)C2CC2)cc1. The standard InChI is InChI=1S/C18H23NO3/c1-11-2-4-12(5-3-11)16(13-6-7-13)19-17(20)14-8-9-15(10-14)18(21)22/h2-5,13-16H,6-10H2,1H3,(H,19,20)(H,21,22)/t14-,15+,16?/m1/s1. The lowest BCUT2D eigenvalue weighted by Gasteiger charge is -2.21. The van der Waals surface area contributed by atoms with E-state index < -0.39 is 5.97 Å². The lowest BCUT2D eigenvalue weighted by molar-refractivity contribution is -0.141. The summed E-state index contributed by atoms with van der Waals surface area (Å²) < 4.78 is 0. The van der Waals surface area contributed by atoms with E-state index >= 15 is 0 Å². The van der Waals surface area contributed by atoms with Crippen LogP contribution in [-0.2, 0) is 9.59 Å². The molecule has 0 saturated heterocycles. The van der Waals surface area contributed by atoms with Crippen molar-refractivity contribution in [3.8, 4) is 0 Å². The molecule has 1 amide bonds. The molecule has 1 aromatic rings. The zero-order chi connectivity index (χ0) is 15.7. The molecule has 0 aromatic heterocycles. The normalized spacial score (nSPS) is 25.7. The van der Waals surface area contributed by atoms with Crippen LogP contribution in [0.15, 0.2) is 24.3 Å². The fourth-order valence-corrected chi connectivity index (χ4v) is 3.39. The summed E-state index contributed by atoms with van der Waals surface area (Å²) in [6.45, 7) is 2.05. The summed E-state index contributed by atoms with van der Waals surface area (Å²) in [5, 5.41) is 12.2. The summed E-state index contributed by atoms with van der Waals surface area (Å²) in [6, 6.07) is 8.41. The minimum absolute atomic E-state index is 0.0289. The van der Waals surface area contributed by atoms with Crippen molar-refractivity contribution >= 4 is 11.9 Å². The zero-order valence-electron chi connectivity index (χ0n) is 12.9. The fraction of sp³-hybridized carbons (Fsp3) is 0.556. The number of benzene rings is 1. The maximum Gasteiger partial charge on any atom is 0.306 e. The molecule has 0 spiro atoms. The van der Waals surface area contributed by atoms with E-state index in [0.29, 0.717) is 25.2 Å². The lowest BCUT2D eigenvalue weighted by atomic mass is 9.99. The molecule has 22 heavy (non-hydrogen) atoms. The Morgan fingerprint density at radius 1 is 1.09 bits per heavy atom. The molecule has 3 rings (SSSR count). The maximum atomic E-state index is 12.5. The van der Waals surface area contributed by atoms with Crippen LogP contribution in [0, 0.1) is 24.7 Å². The van der Waals surface area contributed by atoms with Gasteiger partial charge in [-0.1, -0.05) is 29.8 Å². The molecule has 2 saturated carbocycles. The van der Waals surface area contributed by atoms with Crippen molar-refractivity contribution in [3.63, 3.8) is 0 Å². The average molecular weight is 301 g/mol. The van der Waals surface area contributed by atoms with Crippen LogP contribution in [0.5, 0.6) is 0 Å². The number of carbonyl (C=O) groups excluding carboxylic acids is 1. The van der Waals surface area contributed by atoms with Crippen LogP contribution in [-0.4, -0.2) is 17.0 Å². The molecule has 2 N–H and O–H groups in total. The van der Waals surface area contributed by atoms with Gasteiger partial charge < -0.3 is 10.4 Å². The van der Waals surface area contributed by atoms with Crippen LogP contribution in [0.4, 0.5) is 0 Å². The van der Waals surface area contributed by atoms with Crippen LogP contribution in [0.2, 0.25) is 0 Å². The Morgan fingerprint density at radius 3 is 2.27 bits per heavy atom. The second-order valence-electron chi connectivity index (χ2n) is 6.78. The third-order valence-electron chi connectivity index (χ3n) is 4.98. The molecule has 1 aromatic carbocycles. The summed E-state index contributed by atoms with van der Waals surface area (Å²) in [4.78, 5) is 23.5. The largest absolute Gasteiger partial charge is 0.481 e. The third-order valence-corrected chi connectivity index (χ3v) is 4.98. The van der Waals surface area contributed by atoms with Crippen molar-refractivity contribution in [3.05, 3.63) is 35.4 Å². The van der Waals surface area contributed by atoms with Gasteiger partial charge in [-0.25, -0.2) is 0 Å². The van der Waals surface area contributed by atoms with E-state index in [1.807, 2.05) is 0 Å². The lowest BCUT2D eigenvalue weighted by Crippen LogP contribution is -2.34. The van der Waals surface area contributed by atoms with E-state index in [4.69, 9.17) is 5.11 Å². The molecule has 4 heteroatoms. The smallest absolute Gasteiger partial charge is 0.306 e. The number of carbonyl (C=O) groups is 2. The van der Waals surface area contributed by atoms with Gasteiger partial charge in [0.15, 0.2) is 0 Å². The molecule has 2 aliphatic rings. The van der Waals surface area contributed by atoms with Crippen molar-refractivity contribution in [1.82, 2.24) is 5.32 Å². The van der Waals surface area contributed by atoms with Gasteiger partial charge in [0.1, 0.15) is 0 Å². The minimum Gasteiger partial charge on any atom is -0.481 e. The number of rotatable bonds is 5. The van der Waals surface area contributed by atoms with E-state index in [-0.39, 0.29) is 23.8 Å². The third kappa shape index (κ3) is 3.32. The first kappa shape index (κ1) is 15.1. The molecule has 4 nitrogen and oxygen atoms in total.